The summed E-state index contributed by atoms with van der Waals surface area (Å²) >= 11 is 0. The third kappa shape index (κ3) is 4.88. The van der Waals surface area contributed by atoms with Gasteiger partial charge in [0.2, 0.25) is 5.91 Å². The number of hydrogen-bond acceptors (Lipinski definition) is 3. The van der Waals surface area contributed by atoms with Crippen molar-refractivity contribution < 1.29 is 14.0 Å². The quantitative estimate of drug-likeness (QED) is 0.685. The fourth-order valence-corrected chi connectivity index (χ4v) is 3.07. The van der Waals surface area contributed by atoms with E-state index in [-0.39, 0.29) is 11.7 Å². The van der Waals surface area contributed by atoms with Crippen molar-refractivity contribution in [2.45, 2.75) is 25.9 Å². The lowest BCUT2D eigenvalue weighted by Gasteiger charge is -2.25. The normalized spacial score (nSPS) is 11.6. The smallest absolute Gasteiger partial charge is 0.287 e. The van der Waals surface area contributed by atoms with Crippen LogP contribution in [0.5, 0.6) is 0 Å². The minimum absolute atomic E-state index is 0.146. The Labute approximate surface area is 165 Å². The molecule has 0 saturated carbocycles. The predicted octanol–water partition coefficient (Wildman–Crippen LogP) is 3.59. The summed E-state index contributed by atoms with van der Waals surface area (Å²) in [5, 5.41) is 2.83. The summed E-state index contributed by atoms with van der Waals surface area (Å²) in [5.74, 6) is -0.358. The number of nitrogens with zero attached hydrogens (tertiary/aromatic N) is 1. The maximum absolute atomic E-state index is 13.1. The molecule has 5 heteroatoms. The molecule has 0 saturated heterocycles. The fraction of sp³-hybridized carbons (Fsp3) is 0.217. The number of aryl methyl sites for hydroxylation is 1. The molecular weight excluding hydrogens is 352 g/mol. The fourth-order valence-electron chi connectivity index (χ4n) is 3.07. The first-order valence-corrected chi connectivity index (χ1v) is 9.22. The van der Waals surface area contributed by atoms with Gasteiger partial charge in [-0.3, -0.25) is 9.59 Å². The van der Waals surface area contributed by atoms with Gasteiger partial charge in [-0.15, -0.1) is 0 Å². The minimum Gasteiger partial charge on any atom is -0.459 e. The third-order valence-electron chi connectivity index (χ3n) is 4.68. The molecule has 0 radical (unpaired) electrons. The molecule has 3 rings (SSSR count). The summed E-state index contributed by atoms with van der Waals surface area (Å²) in [5.41, 5.74) is 3.18. The van der Waals surface area contributed by atoms with Gasteiger partial charge in [-0.1, -0.05) is 54.6 Å². The number of amides is 2. The Morgan fingerprint density at radius 1 is 1.00 bits per heavy atom. The molecule has 5 nitrogen and oxygen atoms in total. The Balaban J connectivity index is 1.77. The highest BCUT2D eigenvalue weighted by atomic mass is 16.3. The number of rotatable bonds is 7. The highest BCUT2D eigenvalue weighted by Gasteiger charge is 2.26. The summed E-state index contributed by atoms with van der Waals surface area (Å²) in [6.07, 6.45) is 1.84. The van der Waals surface area contributed by atoms with Crippen LogP contribution in [0.4, 0.5) is 0 Å². The van der Waals surface area contributed by atoms with Crippen LogP contribution in [0.3, 0.4) is 0 Å². The lowest BCUT2D eigenvalue weighted by Crippen LogP contribution is -2.48. The zero-order valence-corrected chi connectivity index (χ0v) is 16.1. The van der Waals surface area contributed by atoms with Crippen LogP contribution in [0, 0.1) is 6.92 Å². The van der Waals surface area contributed by atoms with Crippen molar-refractivity contribution in [3.63, 3.8) is 0 Å². The number of likely N-dealkylation sites (N-methyl/N-ethyl adjacent to an activating group) is 1. The summed E-state index contributed by atoms with van der Waals surface area (Å²) < 4.78 is 5.16. The van der Waals surface area contributed by atoms with Crippen molar-refractivity contribution in [3.8, 4) is 0 Å². The van der Waals surface area contributed by atoms with Crippen molar-refractivity contribution in [1.82, 2.24) is 10.2 Å². The monoisotopic (exact) mass is 376 g/mol. The molecule has 0 fully saturated rings. The van der Waals surface area contributed by atoms with Crippen LogP contribution < -0.4 is 5.32 Å². The van der Waals surface area contributed by atoms with Crippen LogP contribution in [0.1, 0.15) is 27.2 Å². The zero-order valence-electron chi connectivity index (χ0n) is 16.1. The van der Waals surface area contributed by atoms with Gasteiger partial charge in [0.15, 0.2) is 5.76 Å². The van der Waals surface area contributed by atoms with E-state index in [0.717, 1.165) is 16.7 Å². The highest BCUT2D eigenvalue weighted by molar-refractivity contribution is 5.95. The van der Waals surface area contributed by atoms with E-state index in [0.29, 0.717) is 13.0 Å². The topological polar surface area (TPSA) is 62.6 Å². The Kier molecular flexibility index (Phi) is 6.27. The SMILES string of the molecule is Cc1ccccc1CN(C)C(=O)[C@@H](Cc1ccccc1)NC(=O)c1ccco1. The van der Waals surface area contributed by atoms with Crippen LogP contribution in [0.25, 0.3) is 0 Å². The summed E-state index contributed by atoms with van der Waals surface area (Å²) in [6.45, 7) is 2.50. The maximum atomic E-state index is 13.1. The van der Waals surface area contributed by atoms with Gasteiger partial charge in [0.05, 0.1) is 6.26 Å². The molecular formula is C23H24N2O3. The molecule has 1 N–H and O–H groups in total. The van der Waals surface area contributed by atoms with Crippen molar-refractivity contribution in [2.24, 2.45) is 0 Å². The van der Waals surface area contributed by atoms with Gasteiger partial charge in [0.25, 0.3) is 5.91 Å². The zero-order chi connectivity index (χ0) is 19.9. The summed E-state index contributed by atoms with van der Waals surface area (Å²) in [4.78, 5) is 27.3. The molecule has 2 aromatic carbocycles. The van der Waals surface area contributed by atoms with Crippen LogP contribution in [-0.2, 0) is 17.8 Å². The van der Waals surface area contributed by atoms with E-state index < -0.39 is 11.9 Å². The van der Waals surface area contributed by atoms with Crippen LogP contribution in [0.2, 0.25) is 0 Å². The number of furan rings is 1. The second-order valence-electron chi connectivity index (χ2n) is 6.81. The van der Waals surface area contributed by atoms with Gasteiger partial charge < -0.3 is 14.6 Å². The van der Waals surface area contributed by atoms with Crippen molar-refractivity contribution in [2.75, 3.05) is 7.05 Å². The van der Waals surface area contributed by atoms with Gasteiger partial charge in [-0.25, -0.2) is 0 Å². The molecule has 1 heterocycles. The maximum Gasteiger partial charge on any atom is 0.287 e. The second kappa shape index (κ2) is 9.04. The van der Waals surface area contributed by atoms with Gasteiger partial charge in [0, 0.05) is 20.0 Å². The van der Waals surface area contributed by atoms with E-state index in [9.17, 15) is 9.59 Å². The molecule has 0 aliphatic carbocycles. The summed E-state index contributed by atoms with van der Waals surface area (Å²) in [6, 6.07) is 20.2. The molecule has 144 valence electrons. The second-order valence-corrected chi connectivity index (χ2v) is 6.81. The van der Waals surface area contributed by atoms with E-state index >= 15 is 0 Å². The number of hydrogen-bond donors (Lipinski definition) is 1. The largest absolute Gasteiger partial charge is 0.459 e. The molecule has 0 spiro atoms. The van der Waals surface area contributed by atoms with E-state index in [1.165, 1.54) is 6.26 Å². The van der Waals surface area contributed by atoms with Crippen LogP contribution >= 0.6 is 0 Å². The first-order valence-electron chi connectivity index (χ1n) is 9.22. The Bertz CT molecular complexity index is 920. The predicted molar refractivity (Wildman–Crippen MR) is 108 cm³/mol. The number of carbonyl (C=O) groups excluding carboxylic acids is 2. The average molecular weight is 376 g/mol. The molecule has 1 atom stereocenters. The van der Waals surface area contributed by atoms with E-state index in [4.69, 9.17) is 4.42 Å². The van der Waals surface area contributed by atoms with E-state index in [1.54, 1.807) is 24.1 Å². The molecule has 0 bridgehead atoms. The molecule has 28 heavy (non-hydrogen) atoms. The lowest BCUT2D eigenvalue weighted by molar-refractivity contribution is -0.132. The summed E-state index contributed by atoms with van der Waals surface area (Å²) in [7, 11) is 1.76. The van der Waals surface area contributed by atoms with Gasteiger partial charge in [0.1, 0.15) is 6.04 Å². The average Bonchev–Trinajstić information content (AvgIpc) is 3.24. The Morgan fingerprint density at radius 2 is 1.71 bits per heavy atom. The standard InChI is InChI=1S/C23H24N2O3/c1-17-9-6-7-12-19(17)16-25(2)23(27)20(15-18-10-4-3-5-11-18)24-22(26)21-13-8-14-28-21/h3-14,20H,15-16H2,1-2H3,(H,24,26)/t20-/m1/s1. The third-order valence-corrected chi connectivity index (χ3v) is 4.68. The van der Waals surface area contributed by atoms with E-state index in [1.807, 2.05) is 61.5 Å². The van der Waals surface area contributed by atoms with Crippen LogP contribution in [0.15, 0.2) is 77.4 Å². The highest BCUT2D eigenvalue weighted by Crippen LogP contribution is 2.12. The van der Waals surface area contributed by atoms with Gasteiger partial charge >= 0.3 is 0 Å². The van der Waals surface area contributed by atoms with Gasteiger partial charge in [-0.05, 0) is 35.7 Å². The number of carbonyl (C=O) groups is 2. The molecule has 3 aromatic rings. The number of nitrogens with one attached hydrogen (secondary N) is 1. The van der Waals surface area contributed by atoms with Crippen molar-refractivity contribution in [1.29, 1.82) is 0 Å². The molecule has 0 aliphatic rings. The first kappa shape index (κ1) is 19.4. The van der Waals surface area contributed by atoms with E-state index in [2.05, 4.69) is 5.32 Å². The number of benzene rings is 2. The molecule has 0 unspecified atom stereocenters. The Morgan fingerprint density at radius 3 is 2.39 bits per heavy atom. The van der Waals surface area contributed by atoms with Crippen molar-refractivity contribution in [3.05, 3.63) is 95.4 Å². The van der Waals surface area contributed by atoms with Gasteiger partial charge in [-0.2, -0.15) is 0 Å². The molecule has 0 aliphatic heterocycles. The van der Waals surface area contributed by atoms with Crippen molar-refractivity contribution >= 4 is 11.8 Å². The Hall–Kier alpha value is -3.34. The molecule has 1 aromatic heterocycles. The lowest BCUT2D eigenvalue weighted by atomic mass is 10.0. The molecule has 2 amide bonds. The first-order chi connectivity index (χ1) is 13.5. The van der Waals surface area contributed by atoms with Crippen LogP contribution in [-0.4, -0.2) is 29.8 Å². The minimum atomic E-state index is -0.686.